The van der Waals surface area contributed by atoms with E-state index in [4.69, 9.17) is 4.74 Å². The lowest BCUT2D eigenvalue weighted by Gasteiger charge is -2.23. The number of carbonyl (C=O) groups is 2. The third-order valence-corrected chi connectivity index (χ3v) is 4.46. The van der Waals surface area contributed by atoms with Crippen LogP contribution in [0.25, 0.3) is 10.9 Å². The minimum Gasteiger partial charge on any atom is -0.459 e. The molecule has 2 aromatic rings. The van der Waals surface area contributed by atoms with E-state index in [9.17, 15) is 9.59 Å². The number of nitrogens with zero attached hydrogens (tertiary/aromatic N) is 1. The average Bonchev–Trinajstić information content (AvgIpc) is 2.54. The number of aromatic nitrogens is 1. The zero-order valence-electron chi connectivity index (χ0n) is 13.6. The summed E-state index contributed by atoms with van der Waals surface area (Å²) in [5, 5.41) is 0.684. The van der Waals surface area contributed by atoms with Crippen LogP contribution < -0.4 is 0 Å². The van der Waals surface area contributed by atoms with Gasteiger partial charge in [-0.2, -0.15) is 0 Å². The Morgan fingerprint density at radius 1 is 1.09 bits per heavy atom. The van der Waals surface area contributed by atoms with Crippen LogP contribution in [0.5, 0.6) is 0 Å². The van der Waals surface area contributed by atoms with Crippen molar-refractivity contribution in [1.82, 2.24) is 4.98 Å². The van der Waals surface area contributed by atoms with Crippen LogP contribution in [0, 0.1) is 6.92 Å². The first-order valence-electron chi connectivity index (χ1n) is 8.19. The van der Waals surface area contributed by atoms with E-state index in [1.54, 1.807) is 6.92 Å². The Hall–Kier alpha value is -2.23. The van der Waals surface area contributed by atoms with Gasteiger partial charge in [0.25, 0.3) is 0 Å². The van der Waals surface area contributed by atoms with Gasteiger partial charge in [-0.3, -0.25) is 9.78 Å². The number of para-hydroxylation sites is 1. The van der Waals surface area contributed by atoms with Crippen LogP contribution in [0.2, 0.25) is 0 Å². The van der Waals surface area contributed by atoms with Crippen molar-refractivity contribution < 1.29 is 14.3 Å². The van der Waals surface area contributed by atoms with Crippen LogP contribution in [-0.4, -0.2) is 22.8 Å². The van der Waals surface area contributed by atoms with Crippen molar-refractivity contribution >= 4 is 22.7 Å². The van der Waals surface area contributed by atoms with Gasteiger partial charge in [-0.25, -0.2) is 4.79 Å². The Labute approximate surface area is 135 Å². The van der Waals surface area contributed by atoms with Gasteiger partial charge in [0.05, 0.1) is 16.6 Å². The number of aryl methyl sites for hydroxylation is 1. The second-order valence-corrected chi connectivity index (χ2v) is 6.19. The molecule has 0 spiro atoms. The molecular weight excluding hydrogens is 290 g/mol. The zero-order valence-corrected chi connectivity index (χ0v) is 13.6. The first kappa shape index (κ1) is 15.7. The maximum atomic E-state index is 12.8. The molecule has 1 fully saturated rings. The van der Waals surface area contributed by atoms with Crippen molar-refractivity contribution in [3.8, 4) is 0 Å². The number of carbonyl (C=O) groups excluding carboxylic acids is 2. The fourth-order valence-electron chi connectivity index (χ4n) is 3.37. The second kappa shape index (κ2) is 6.49. The van der Waals surface area contributed by atoms with Gasteiger partial charge in [-0.05, 0) is 45.6 Å². The summed E-state index contributed by atoms with van der Waals surface area (Å²) >= 11 is 0. The maximum Gasteiger partial charge on any atom is 0.339 e. The molecule has 1 aromatic heterocycles. The average molecular weight is 311 g/mol. The number of Topliss-reactive ketones (excluding diaryl/α,β-unsaturated/α-hetero) is 1. The molecule has 0 aliphatic heterocycles. The van der Waals surface area contributed by atoms with Crippen LogP contribution in [0.3, 0.4) is 0 Å². The van der Waals surface area contributed by atoms with Gasteiger partial charge in [-0.1, -0.05) is 24.6 Å². The molecule has 0 saturated heterocycles. The SMILES string of the molecule is CC(=O)c1c(C)nc2ccccc2c1C(=O)OC1CCCCC1. The van der Waals surface area contributed by atoms with Crippen LogP contribution >= 0.6 is 0 Å². The van der Waals surface area contributed by atoms with Gasteiger partial charge < -0.3 is 4.74 Å². The van der Waals surface area contributed by atoms with Crippen LogP contribution in [-0.2, 0) is 4.74 Å². The number of pyridine rings is 1. The van der Waals surface area contributed by atoms with E-state index in [2.05, 4.69) is 4.98 Å². The first-order chi connectivity index (χ1) is 11.1. The van der Waals surface area contributed by atoms with E-state index in [-0.39, 0.29) is 11.9 Å². The lowest BCUT2D eigenvalue weighted by atomic mass is 9.96. The van der Waals surface area contributed by atoms with E-state index in [0.717, 1.165) is 25.7 Å². The van der Waals surface area contributed by atoms with Crippen molar-refractivity contribution in [2.75, 3.05) is 0 Å². The van der Waals surface area contributed by atoms with Gasteiger partial charge in [-0.15, -0.1) is 0 Å². The quantitative estimate of drug-likeness (QED) is 0.628. The predicted octanol–water partition coefficient (Wildman–Crippen LogP) is 4.24. The molecule has 1 saturated carbocycles. The zero-order chi connectivity index (χ0) is 16.4. The molecule has 0 radical (unpaired) electrons. The largest absolute Gasteiger partial charge is 0.459 e. The molecule has 4 nitrogen and oxygen atoms in total. The van der Waals surface area contributed by atoms with Crippen molar-refractivity contribution in [3.05, 3.63) is 41.1 Å². The fourth-order valence-corrected chi connectivity index (χ4v) is 3.37. The molecule has 120 valence electrons. The summed E-state index contributed by atoms with van der Waals surface area (Å²) in [6, 6.07) is 7.40. The number of ketones is 1. The molecule has 3 rings (SSSR count). The highest BCUT2D eigenvalue weighted by atomic mass is 16.5. The smallest absolute Gasteiger partial charge is 0.339 e. The third kappa shape index (κ3) is 3.11. The normalized spacial score (nSPS) is 15.6. The number of hydrogen-bond donors (Lipinski definition) is 0. The highest BCUT2D eigenvalue weighted by Gasteiger charge is 2.25. The van der Waals surface area contributed by atoms with Gasteiger partial charge in [0.2, 0.25) is 0 Å². The number of ether oxygens (including phenoxy) is 1. The monoisotopic (exact) mass is 311 g/mol. The number of esters is 1. The van der Waals surface area contributed by atoms with Crippen molar-refractivity contribution in [3.63, 3.8) is 0 Å². The van der Waals surface area contributed by atoms with E-state index in [1.807, 2.05) is 24.3 Å². The number of benzene rings is 1. The summed E-state index contributed by atoms with van der Waals surface area (Å²) in [6.07, 6.45) is 5.15. The molecule has 23 heavy (non-hydrogen) atoms. The summed E-state index contributed by atoms with van der Waals surface area (Å²) in [5.41, 5.74) is 2.04. The second-order valence-electron chi connectivity index (χ2n) is 6.19. The molecule has 1 aromatic carbocycles. The molecule has 0 atom stereocenters. The Bertz CT molecular complexity index is 761. The van der Waals surface area contributed by atoms with Crippen molar-refractivity contribution in [1.29, 1.82) is 0 Å². The highest BCUT2D eigenvalue weighted by molar-refractivity contribution is 6.13. The molecular formula is C19H21NO3. The Morgan fingerprint density at radius 2 is 1.78 bits per heavy atom. The Morgan fingerprint density at radius 3 is 2.48 bits per heavy atom. The maximum absolute atomic E-state index is 12.8. The molecule has 0 amide bonds. The van der Waals surface area contributed by atoms with E-state index < -0.39 is 5.97 Å². The number of rotatable bonds is 3. The van der Waals surface area contributed by atoms with Gasteiger partial charge in [0.15, 0.2) is 5.78 Å². The topological polar surface area (TPSA) is 56.3 Å². The molecule has 1 heterocycles. The molecule has 0 unspecified atom stereocenters. The van der Waals surface area contributed by atoms with Crippen molar-refractivity contribution in [2.45, 2.75) is 52.1 Å². The highest BCUT2D eigenvalue weighted by Crippen LogP contribution is 2.27. The Kier molecular flexibility index (Phi) is 4.42. The van der Waals surface area contributed by atoms with Gasteiger partial charge in [0.1, 0.15) is 6.10 Å². The molecule has 1 aliphatic carbocycles. The van der Waals surface area contributed by atoms with E-state index in [1.165, 1.54) is 13.3 Å². The van der Waals surface area contributed by atoms with Crippen LogP contribution in [0.1, 0.15) is 65.4 Å². The minimum absolute atomic E-state index is 0.0386. The lowest BCUT2D eigenvalue weighted by Crippen LogP contribution is -2.23. The van der Waals surface area contributed by atoms with Gasteiger partial charge in [0, 0.05) is 11.1 Å². The fraction of sp³-hybridized carbons (Fsp3) is 0.421. The summed E-state index contributed by atoms with van der Waals surface area (Å²) in [7, 11) is 0. The molecule has 0 N–H and O–H groups in total. The third-order valence-electron chi connectivity index (χ3n) is 4.46. The first-order valence-corrected chi connectivity index (χ1v) is 8.19. The van der Waals surface area contributed by atoms with Crippen molar-refractivity contribution in [2.24, 2.45) is 0 Å². The summed E-state index contributed by atoms with van der Waals surface area (Å²) < 4.78 is 5.71. The molecule has 1 aliphatic rings. The molecule has 0 bridgehead atoms. The predicted molar refractivity (Wildman–Crippen MR) is 88.8 cm³/mol. The van der Waals surface area contributed by atoms with E-state index in [0.29, 0.717) is 27.7 Å². The summed E-state index contributed by atoms with van der Waals surface area (Å²) in [6.45, 7) is 3.23. The standard InChI is InChI=1S/C19H21NO3/c1-12-17(13(2)21)18(15-10-6-7-11-16(15)20-12)19(22)23-14-8-4-3-5-9-14/h6-7,10-11,14H,3-5,8-9H2,1-2H3. The minimum atomic E-state index is -0.399. The van der Waals surface area contributed by atoms with E-state index >= 15 is 0 Å². The summed E-state index contributed by atoms with van der Waals surface area (Å²) in [4.78, 5) is 29.3. The summed E-state index contributed by atoms with van der Waals surface area (Å²) in [5.74, 6) is -0.555. The number of hydrogen-bond acceptors (Lipinski definition) is 4. The molecule has 4 heteroatoms. The Balaban J connectivity index is 2.07. The lowest BCUT2D eigenvalue weighted by molar-refractivity contribution is 0.0211. The number of fused-ring (bicyclic) bond motifs is 1. The van der Waals surface area contributed by atoms with Crippen LogP contribution in [0.15, 0.2) is 24.3 Å². The van der Waals surface area contributed by atoms with Crippen LogP contribution in [0.4, 0.5) is 0 Å². The van der Waals surface area contributed by atoms with Gasteiger partial charge >= 0.3 is 5.97 Å².